The van der Waals surface area contributed by atoms with E-state index in [2.05, 4.69) is 9.97 Å². The van der Waals surface area contributed by atoms with Crippen LogP contribution in [-0.4, -0.2) is 9.97 Å². The van der Waals surface area contributed by atoms with Crippen LogP contribution in [0.5, 0.6) is 0 Å². The van der Waals surface area contributed by atoms with Gasteiger partial charge in [0.25, 0.3) is 0 Å². The topological polar surface area (TPSA) is 64.9 Å². The second-order valence-electron chi connectivity index (χ2n) is 4.21. The highest BCUT2D eigenvalue weighted by Gasteiger charge is 2.16. The van der Waals surface area contributed by atoms with Crippen LogP contribution in [0.4, 0.5) is 0 Å². The average Bonchev–Trinajstić information content (AvgIpc) is 2.81. The van der Waals surface area contributed by atoms with E-state index in [1.54, 1.807) is 0 Å². The molecule has 0 saturated carbocycles. The van der Waals surface area contributed by atoms with E-state index in [1.165, 1.54) is 0 Å². The van der Waals surface area contributed by atoms with Crippen LogP contribution in [-0.2, 0) is 0 Å². The number of benzene rings is 1. The number of hydrogen-bond acceptors (Lipinski definition) is 4. The SMILES string of the molecule is Cc1ccc2oc(C(N)c3ccccc3)nc2n1. The summed E-state index contributed by atoms with van der Waals surface area (Å²) in [5, 5.41) is 0. The van der Waals surface area contributed by atoms with Crippen molar-refractivity contribution in [1.29, 1.82) is 0 Å². The molecule has 0 aliphatic carbocycles. The van der Waals surface area contributed by atoms with Crippen LogP contribution in [0.3, 0.4) is 0 Å². The van der Waals surface area contributed by atoms with Gasteiger partial charge in [-0.3, -0.25) is 0 Å². The molecule has 18 heavy (non-hydrogen) atoms. The fourth-order valence-corrected chi connectivity index (χ4v) is 1.87. The zero-order valence-electron chi connectivity index (χ0n) is 10.00. The van der Waals surface area contributed by atoms with E-state index in [9.17, 15) is 0 Å². The van der Waals surface area contributed by atoms with Gasteiger partial charge in [-0.05, 0) is 24.6 Å². The lowest BCUT2D eigenvalue weighted by atomic mass is 10.1. The van der Waals surface area contributed by atoms with Gasteiger partial charge in [-0.25, -0.2) is 4.98 Å². The quantitative estimate of drug-likeness (QED) is 0.746. The Bertz CT molecular complexity index is 676. The molecule has 0 aliphatic rings. The fraction of sp³-hybridized carbons (Fsp3) is 0.143. The number of oxazole rings is 1. The van der Waals surface area contributed by atoms with E-state index in [0.29, 0.717) is 17.1 Å². The third-order valence-corrected chi connectivity index (χ3v) is 2.83. The summed E-state index contributed by atoms with van der Waals surface area (Å²) in [4.78, 5) is 8.66. The highest BCUT2D eigenvalue weighted by Crippen LogP contribution is 2.22. The molecule has 2 aromatic heterocycles. The molecule has 4 nitrogen and oxygen atoms in total. The van der Waals surface area contributed by atoms with Gasteiger partial charge in [0, 0.05) is 5.69 Å². The summed E-state index contributed by atoms with van der Waals surface area (Å²) in [6.45, 7) is 1.92. The summed E-state index contributed by atoms with van der Waals surface area (Å²) < 4.78 is 5.64. The smallest absolute Gasteiger partial charge is 0.218 e. The molecule has 1 unspecified atom stereocenters. The van der Waals surface area contributed by atoms with Gasteiger partial charge in [0.15, 0.2) is 11.2 Å². The predicted molar refractivity (Wildman–Crippen MR) is 69.0 cm³/mol. The van der Waals surface area contributed by atoms with Crippen molar-refractivity contribution in [3.05, 3.63) is 59.6 Å². The number of nitrogens with two attached hydrogens (primary N) is 1. The molecule has 90 valence electrons. The Balaban J connectivity index is 2.04. The van der Waals surface area contributed by atoms with Crippen LogP contribution in [0.2, 0.25) is 0 Å². The molecule has 0 aliphatic heterocycles. The molecule has 0 fully saturated rings. The first-order valence-corrected chi connectivity index (χ1v) is 5.78. The van der Waals surface area contributed by atoms with Crippen LogP contribution >= 0.6 is 0 Å². The molecule has 3 rings (SSSR count). The molecule has 2 N–H and O–H groups in total. The largest absolute Gasteiger partial charge is 0.437 e. The fourth-order valence-electron chi connectivity index (χ4n) is 1.87. The van der Waals surface area contributed by atoms with Crippen LogP contribution in [0, 0.1) is 6.92 Å². The molecule has 0 bridgehead atoms. The normalized spacial score (nSPS) is 12.8. The van der Waals surface area contributed by atoms with E-state index >= 15 is 0 Å². The van der Waals surface area contributed by atoms with Gasteiger partial charge in [-0.1, -0.05) is 30.3 Å². The lowest BCUT2D eigenvalue weighted by Crippen LogP contribution is -2.11. The van der Waals surface area contributed by atoms with Crippen LogP contribution in [0.15, 0.2) is 46.9 Å². The number of hydrogen-bond donors (Lipinski definition) is 1. The molecular formula is C14H13N3O. The molecule has 3 aromatic rings. The Labute approximate surface area is 104 Å². The first kappa shape index (κ1) is 10.9. The van der Waals surface area contributed by atoms with Crippen molar-refractivity contribution in [1.82, 2.24) is 9.97 Å². The van der Waals surface area contributed by atoms with E-state index in [1.807, 2.05) is 49.4 Å². The minimum Gasteiger partial charge on any atom is -0.437 e. The van der Waals surface area contributed by atoms with Gasteiger partial charge >= 0.3 is 0 Å². The van der Waals surface area contributed by atoms with Gasteiger partial charge in [0.05, 0.1) is 0 Å². The summed E-state index contributed by atoms with van der Waals surface area (Å²) >= 11 is 0. The first-order chi connectivity index (χ1) is 8.74. The van der Waals surface area contributed by atoms with Crippen molar-refractivity contribution in [3.63, 3.8) is 0 Å². The van der Waals surface area contributed by atoms with Gasteiger partial charge in [-0.15, -0.1) is 0 Å². The van der Waals surface area contributed by atoms with E-state index in [4.69, 9.17) is 10.2 Å². The zero-order valence-corrected chi connectivity index (χ0v) is 10.00. The van der Waals surface area contributed by atoms with Gasteiger partial charge in [0.2, 0.25) is 5.89 Å². The van der Waals surface area contributed by atoms with Crippen LogP contribution in [0.25, 0.3) is 11.2 Å². The summed E-state index contributed by atoms with van der Waals surface area (Å²) in [6, 6.07) is 13.2. The monoisotopic (exact) mass is 239 g/mol. The van der Waals surface area contributed by atoms with E-state index < -0.39 is 0 Å². The highest BCUT2D eigenvalue weighted by molar-refractivity contribution is 5.67. The third kappa shape index (κ3) is 1.87. The van der Waals surface area contributed by atoms with Crippen LogP contribution in [0.1, 0.15) is 23.2 Å². The second-order valence-corrected chi connectivity index (χ2v) is 4.21. The summed E-state index contributed by atoms with van der Waals surface area (Å²) in [7, 11) is 0. The van der Waals surface area contributed by atoms with Gasteiger partial charge in [-0.2, -0.15) is 4.98 Å². The summed E-state index contributed by atoms with van der Waals surface area (Å²) in [5.41, 5.74) is 9.30. The van der Waals surface area contributed by atoms with Gasteiger partial charge in [0.1, 0.15) is 6.04 Å². The minimum absolute atomic E-state index is 0.360. The highest BCUT2D eigenvalue weighted by atomic mass is 16.3. The Morgan fingerprint density at radius 2 is 1.83 bits per heavy atom. The number of fused-ring (bicyclic) bond motifs is 1. The number of rotatable bonds is 2. The zero-order chi connectivity index (χ0) is 12.5. The predicted octanol–water partition coefficient (Wildman–Crippen LogP) is 2.58. The Kier molecular flexibility index (Phi) is 2.57. The van der Waals surface area contributed by atoms with Crippen molar-refractivity contribution in [2.24, 2.45) is 5.73 Å². The maximum atomic E-state index is 6.13. The third-order valence-electron chi connectivity index (χ3n) is 2.83. The molecule has 0 spiro atoms. The first-order valence-electron chi connectivity index (χ1n) is 5.78. The molecule has 4 heteroatoms. The molecular weight excluding hydrogens is 226 g/mol. The van der Waals surface area contributed by atoms with Crippen molar-refractivity contribution < 1.29 is 4.42 Å². The van der Waals surface area contributed by atoms with Crippen molar-refractivity contribution in [2.75, 3.05) is 0 Å². The number of pyridine rings is 1. The Morgan fingerprint density at radius 1 is 1.06 bits per heavy atom. The summed E-state index contributed by atoms with van der Waals surface area (Å²) in [5.74, 6) is 0.495. The number of nitrogens with zero attached hydrogens (tertiary/aromatic N) is 2. The Morgan fingerprint density at radius 3 is 2.61 bits per heavy atom. The maximum Gasteiger partial charge on any atom is 0.218 e. The number of aryl methyl sites for hydroxylation is 1. The van der Waals surface area contributed by atoms with Crippen molar-refractivity contribution >= 4 is 11.2 Å². The van der Waals surface area contributed by atoms with Crippen molar-refractivity contribution in [2.45, 2.75) is 13.0 Å². The van der Waals surface area contributed by atoms with Crippen molar-refractivity contribution in [3.8, 4) is 0 Å². The molecule has 1 aromatic carbocycles. The van der Waals surface area contributed by atoms with E-state index in [-0.39, 0.29) is 6.04 Å². The molecule has 0 radical (unpaired) electrons. The standard InChI is InChI=1S/C14H13N3O/c1-9-7-8-11-13(16-9)17-14(18-11)12(15)10-5-3-2-4-6-10/h2-8,12H,15H2,1H3. The molecule has 0 saturated heterocycles. The Hall–Kier alpha value is -2.20. The van der Waals surface area contributed by atoms with E-state index in [0.717, 1.165) is 11.3 Å². The maximum absolute atomic E-state index is 6.13. The molecule has 1 atom stereocenters. The lowest BCUT2D eigenvalue weighted by molar-refractivity contribution is 0.505. The van der Waals surface area contributed by atoms with Crippen LogP contribution < -0.4 is 5.73 Å². The van der Waals surface area contributed by atoms with Gasteiger partial charge < -0.3 is 10.2 Å². The molecule has 0 amide bonds. The lowest BCUT2D eigenvalue weighted by Gasteiger charge is -2.06. The number of aromatic nitrogens is 2. The summed E-state index contributed by atoms with van der Waals surface area (Å²) in [6.07, 6.45) is 0. The average molecular weight is 239 g/mol. The second kappa shape index (κ2) is 4.23. The molecule has 2 heterocycles. The minimum atomic E-state index is -0.360.